The Labute approximate surface area is 203 Å². The average molecular weight is 499 g/mol. The molecule has 0 aromatic heterocycles. The van der Waals surface area contributed by atoms with Crippen molar-refractivity contribution in [1.82, 2.24) is 0 Å². The van der Waals surface area contributed by atoms with Crippen molar-refractivity contribution in [2.24, 2.45) is 0 Å². The number of thioether (sulfide) groups is 1. The number of rotatable bonds is 9. The van der Waals surface area contributed by atoms with Crippen LogP contribution in [0, 0.1) is 0 Å². The molecule has 0 radical (unpaired) electrons. The third-order valence-electron chi connectivity index (χ3n) is 5.35. The summed E-state index contributed by atoms with van der Waals surface area (Å²) in [4.78, 5) is 13.9. The summed E-state index contributed by atoms with van der Waals surface area (Å²) in [6, 6.07) is 20.1. The smallest absolute Gasteiger partial charge is 0.261 e. The van der Waals surface area contributed by atoms with Gasteiger partial charge in [-0.25, -0.2) is 8.42 Å². The van der Waals surface area contributed by atoms with Crippen LogP contribution in [0.5, 0.6) is 5.75 Å². The standard InChI is InChI=1S/C25H26N2O5S2/c1-31-20-12-8-19(9-13-20)27-34(29,30)22-14-10-18(11-15-22)26-25(28)23-6-2-3-7-24(23)33-17-21-5-4-16-32-21/h2-3,6-15,21,27H,4-5,16-17H2,1H3,(H,26,28)/t21-/m0/s1. The van der Waals surface area contributed by atoms with Gasteiger partial charge in [-0.3, -0.25) is 9.52 Å². The number of carbonyl (C=O) groups excluding carboxylic acids is 1. The van der Waals surface area contributed by atoms with Gasteiger partial charge in [0.2, 0.25) is 0 Å². The van der Waals surface area contributed by atoms with Crippen molar-refractivity contribution < 1.29 is 22.7 Å². The number of nitrogens with one attached hydrogen (secondary N) is 2. The fourth-order valence-corrected chi connectivity index (χ4v) is 5.71. The minimum absolute atomic E-state index is 0.0915. The van der Waals surface area contributed by atoms with E-state index in [-0.39, 0.29) is 16.9 Å². The normalized spacial score (nSPS) is 15.6. The molecule has 2 N–H and O–H groups in total. The number of amides is 1. The van der Waals surface area contributed by atoms with Crippen molar-refractivity contribution >= 4 is 39.1 Å². The number of ether oxygens (including phenoxy) is 2. The molecule has 9 heteroatoms. The minimum atomic E-state index is -3.77. The van der Waals surface area contributed by atoms with Crippen LogP contribution >= 0.6 is 11.8 Å². The maximum absolute atomic E-state index is 12.9. The van der Waals surface area contributed by atoms with Crippen LogP contribution in [-0.4, -0.2) is 39.9 Å². The fraction of sp³-hybridized carbons (Fsp3) is 0.240. The van der Waals surface area contributed by atoms with E-state index in [9.17, 15) is 13.2 Å². The number of hydrogen-bond acceptors (Lipinski definition) is 6. The first-order valence-electron chi connectivity index (χ1n) is 10.9. The van der Waals surface area contributed by atoms with Crippen molar-refractivity contribution in [2.75, 3.05) is 29.5 Å². The quantitative estimate of drug-likeness (QED) is 0.403. The van der Waals surface area contributed by atoms with Crippen LogP contribution in [0.2, 0.25) is 0 Å². The molecule has 0 saturated carbocycles. The molecule has 4 rings (SSSR count). The van der Waals surface area contributed by atoms with E-state index >= 15 is 0 Å². The Morgan fingerprint density at radius 1 is 1.03 bits per heavy atom. The molecule has 34 heavy (non-hydrogen) atoms. The maximum Gasteiger partial charge on any atom is 0.261 e. The van der Waals surface area contributed by atoms with E-state index in [2.05, 4.69) is 10.0 Å². The zero-order chi connectivity index (χ0) is 24.0. The number of benzene rings is 3. The molecule has 1 aliphatic heterocycles. The van der Waals surface area contributed by atoms with E-state index in [0.29, 0.717) is 22.7 Å². The van der Waals surface area contributed by atoms with Gasteiger partial charge in [0.05, 0.1) is 23.7 Å². The molecule has 1 heterocycles. The Kier molecular flexibility index (Phi) is 7.77. The number of carbonyl (C=O) groups is 1. The molecule has 1 amide bonds. The number of hydrogen-bond donors (Lipinski definition) is 2. The molecule has 178 valence electrons. The SMILES string of the molecule is COc1ccc(NS(=O)(=O)c2ccc(NC(=O)c3ccccc3SC[C@@H]3CCCO3)cc2)cc1. The highest BCUT2D eigenvalue weighted by Crippen LogP contribution is 2.28. The molecule has 0 aliphatic carbocycles. The van der Waals surface area contributed by atoms with Gasteiger partial charge in [-0.05, 0) is 73.5 Å². The predicted octanol–water partition coefficient (Wildman–Crippen LogP) is 5.02. The van der Waals surface area contributed by atoms with E-state index < -0.39 is 10.0 Å². The summed E-state index contributed by atoms with van der Waals surface area (Å²) in [6.45, 7) is 0.800. The molecule has 0 bridgehead atoms. The maximum atomic E-state index is 12.9. The summed E-state index contributed by atoms with van der Waals surface area (Å²) in [5.74, 6) is 1.19. The van der Waals surface area contributed by atoms with Crippen LogP contribution < -0.4 is 14.8 Å². The Morgan fingerprint density at radius 3 is 2.41 bits per heavy atom. The molecule has 1 aliphatic rings. The van der Waals surface area contributed by atoms with Crippen molar-refractivity contribution in [1.29, 1.82) is 0 Å². The molecule has 0 unspecified atom stereocenters. The number of methoxy groups -OCH3 is 1. The zero-order valence-electron chi connectivity index (χ0n) is 18.7. The van der Waals surface area contributed by atoms with Gasteiger partial charge in [-0.2, -0.15) is 0 Å². The van der Waals surface area contributed by atoms with Crippen LogP contribution in [0.4, 0.5) is 11.4 Å². The van der Waals surface area contributed by atoms with Crippen molar-refractivity contribution in [3.05, 3.63) is 78.4 Å². The first kappa shape index (κ1) is 24.1. The number of sulfonamides is 1. The molecule has 1 atom stereocenters. The largest absolute Gasteiger partial charge is 0.497 e. The van der Waals surface area contributed by atoms with Crippen LogP contribution in [0.3, 0.4) is 0 Å². The second kappa shape index (κ2) is 10.9. The minimum Gasteiger partial charge on any atom is -0.497 e. The van der Waals surface area contributed by atoms with Crippen LogP contribution in [0.25, 0.3) is 0 Å². The lowest BCUT2D eigenvalue weighted by Crippen LogP contribution is -2.15. The molecule has 0 spiro atoms. The average Bonchev–Trinajstić information content (AvgIpc) is 3.37. The first-order valence-corrected chi connectivity index (χ1v) is 13.3. The molecular formula is C25H26N2O5S2. The van der Waals surface area contributed by atoms with Gasteiger partial charge < -0.3 is 14.8 Å². The van der Waals surface area contributed by atoms with Crippen LogP contribution in [0.15, 0.2) is 82.6 Å². The second-order valence-corrected chi connectivity index (χ2v) is 10.5. The molecule has 3 aromatic carbocycles. The van der Waals surface area contributed by atoms with Crippen molar-refractivity contribution in [3.63, 3.8) is 0 Å². The highest BCUT2D eigenvalue weighted by Gasteiger charge is 2.19. The lowest BCUT2D eigenvalue weighted by atomic mass is 10.2. The lowest BCUT2D eigenvalue weighted by Gasteiger charge is -2.13. The third kappa shape index (κ3) is 6.11. The number of anilines is 2. The highest BCUT2D eigenvalue weighted by molar-refractivity contribution is 7.99. The van der Waals surface area contributed by atoms with Gasteiger partial charge in [0, 0.05) is 28.6 Å². The van der Waals surface area contributed by atoms with Crippen molar-refractivity contribution in [3.8, 4) is 5.75 Å². The Hall–Kier alpha value is -3.01. The topological polar surface area (TPSA) is 93.7 Å². The summed E-state index contributed by atoms with van der Waals surface area (Å²) in [6.07, 6.45) is 2.35. The zero-order valence-corrected chi connectivity index (χ0v) is 20.3. The second-order valence-electron chi connectivity index (χ2n) is 7.75. The van der Waals surface area contributed by atoms with E-state index in [1.54, 1.807) is 61.3 Å². The Balaban J connectivity index is 1.40. The van der Waals surface area contributed by atoms with Crippen molar-refractivity contribution in [2.45, 2.75) is 28.7 Å². The monoisotopic (exact) mass is 498 g/mol. The molecule has 1 saturated heterocycles. The molecule has 1 fully saturated rings. The summed E-state index contributed by atoms with van der Waals surface area (Å²) in [7, 11) is -2.23. The van der Waals surface area contributed by atoms with E-state index in [0.717, 1.165) is 30.1 Å². The summed E-state index contributed by atoms with van der Waals surface area (Å²) < 4.78 is 38.7. The molecule has 7 nitrogen and oxygen atoms in total. The van der Waals surface area contributed by atoms with Gasteiger partial charge in [0.1, 0.15) is 5.75 Å². The van der Waals surface area contributed by atoms with Gasteiger partial charge in [-0.1, -0.05) is 12.1 Å². The summed E-state index contributed by atoms with van der Waals surface area (Å²) in [5, 5.41) is 2.85. The molecular weight excluding hydrogens is 472 g/mol. The first-order chi connectivity index (χ1) is 16.4. The van der Waals surface area contributed by atoms with Gasteiger partial charge in [-0.15, -0.1) is 11.8 Å². The van der Waals surface area contributed by atoms with E-state index in [1.165, 1.54) is 12.1 Å². The summed E-state index contributed by atoms with van der Waals surface area (Å²) >= 11 is 1.61. The van der Waals surface area contributed by atoms with Gasteiger partial charge in [0.15, 0.2) is 0 Å². The van der Waals surface area contributed by atoms with Gasteiger partial charge >= 0.3 is 0 Å². The predicted molar refractivity (Wildman–Crippen MR) is 134 cm³/mol. The Bertz CT molecular complexity index is 1220. The third-order valence-corrected chi connectivity index (χ3v) is 7.95. The van der Waals surface area contributed by atoms with Crippen LogP contribution in [0.1, 0.15) is 23.2 Å². The lowest BCUT2D eigenvalue weighted by molar-refractivity contribution is 0.102. The van der Waals surface area contributed by atoms with Crippen LogP contribution in [-0.2, 0) is 14.8 Å². The molecule has 3 aromatic rings. The Morgan fingerprint density at radius 2 is 1.74 bits per heavy atom. The summed E-state index contributed by atoms with van der Waals surface area (Å²) in [5.41, 5.74) is 1.51. The van der Waals surface area contributed by atoms with E-state index in [1.807, 2.05) is 18.2 Å². The van der Waals surface area contributed by atoms with E-state index in [4.69, 9.17) is 9.47 Å². The fourth-order valence-electron chi connectivity index (χ4n) is 3.53. The highest BCUT2D eigenvalue weighted by atomic mass is 32.2. The van der Waals surface area contributed by atoms with Gasteiger partial charge in [0.25, 0.3) is 15.9 Å².